The Balaban J connectivity index is 1.83. The van der Waals surface area contributed by atoms with Gasteiger partial charge in [0.25, 0.3) is 0 Å². The summed E-state index contributed by atoms with van der Waals surface area (Å²) in [5, 5.41) is 14.6. The van der Waals surface area contributed by atoms with Gasteiger partial charge in [-0.25, -0.2) is 4.39 Å². The number of amides is 1. The maximum atomic E-state index is 13.0. The summed E-state index contributed by atoms with van der Waals surface area (Å²) in [6.45, 7) is 0.483. The second-order valence-electron chi connectivity index (χ2n) is 4.36. The minimum atomic E-state index is -0.381. The normalized spacial score (nSPS) is 14.0. The Morgan fingerprint density at radius 3 is 2.94 bits per heavy atom. The van der Waals surface area contributed by atoms with Gasteiger partial charge in [0.1, 0.15) is 5.82 Å². The second kappa shape index (κ2) is 5.61. The highest BCUT2D eigenvalue weighted by molar-refractivity contribution is 5.78. The average Bonchev–Trinajstić information content (AvgIpc) is 3.13. The van der Waals surface area contributed by atoms with Crippen LogP contribution in [0.1, 0.15) is 24.0 Å². The zero-order chi connectivity index (χ0) is 13.0. The third-order valence-electron chi connectivity index (χ3n) is 2.73. The summed E-state index contributed by atoms with van der Waals surface area (Å²) < 4.78 is 13.0. The van der Waals surface area contributed by atoms with Crippen LogP contribution in [0.2, 0.25) is 0 Å². The van der Waals surface area contributed by atoms with E-state index in [9.17, 15) is 9.18 Å². The Bertz CT molecular complexity index is 491. The zero-order valence-corrected chi connectivity index (χ0v) is 9.87. The van der Waals surface area contributed by atoms with Gasteiger partial charge < -0.3 is 10.6 Å². The summed E-state index contributed by atoms with van der Waals surface area (Å²) in [6, 6.07) is 6.33. The lowest BCUT2D eigenvalue weighted by Crippen LogP contribution is -2.34. The molecule has 1 aliphatic carbocycles. The van der Waals surface area contributed by atoms with E-state index in [0.29, 0.717) is 23.7 Å². The van der Waals surface area contributed by atoms with Crippen molar-refractivity contribution in [1.82, 2.24) is 10.6 Å². The Morgan fingerprint density at radius 2 is 2.28 bits per heavy atom. The van der Waals surface area contributed by atoms with Gasteiger partial charge in [-0.15, -0.1) is 0 Å². The highest BCUT2D eigenvalue weighted by Gasteiger charge is 2.22. The van der Waals surface area contributed by atoms with E-state index in [2.05, 4.69) is 10.6 Å². The molecule has 0 bridgehead atoms. The number of halogens is 1. The molecule has 0 unspecified atom stereocenters. The molecule has 2 rings (SSSR count). The Hall–Kier alpha value is -1.93. The summed E-state index contributed by atoms with van der Waals surface area (Å²) in [7, 11) is 0. The minimum Gasteiger partial charge on any atom is -0.352 e. The number of nitriles is 1. The van der Waals surface area contributed by atoms with Crippen molar-refractivity contribution >= 4 is 5.91 Å². The van der Waals surface area contributed by atoms with E-state index in [-0.39, 0.29) is 18.3 Å². The molecule has 5 heteroatoms. The SMILES string of the molecule is N#Cc1ccc(F)cc1CNCC(=O)NC1CC1. The molecule has 0 aliphatic heterocycles. The van der Waals surface area contributed by atoms with Gasteiger partial charge >= 0.3 is 0 Å². The first-order chi connectivity index (χ1) is 8.69. The third-order valence-corrected chi connectivity index (χ3v) is 2.73. The van der Waals surface area contributed by atoms with Gasteiger partial charge in [-0.1, -0.05) is 0 Å². The first-order valence-electron chi connectivity index (χ1n) is 5.87. The molecule has 2 N–H and O–H groups in total. The van der Waals surface area contributed by atoms with E-state index in [1.54, 1.807) is 0 Å². The summed E-state index contributed by atoms with van der Waals surface area (Å²) in [5.74, 6) is -0.444. The van der Waals surface area contributed by atoms with Crippen LogP contribution in [-0.4, -0.2) is 18.5 Å². The van der Waals surface area contributed by atoms with Crippen molar-refractivity contribution < 1.29 is 9.18 Å². The molecule has 18 heavy (non-hydrogen) atoms. The van der Waals surface area contributed by atoms with Crippen molar-refractivity contribution in [3.05, 3.63) is 35.1 Å². The highest BCUT2D eigenvalue weighted by atomic mass is 19.1. The highest BCUT2D eigenvalue weighted by Crippen LogP contribution is 2.18. The average molecular weight is 247 g/mol. The first-order valence-corrected chi connectivity index (χ1v) is 5.87. The molecule has 1 fully saturated rings. The van der Waals surface area contributed by atoms with Crippen molar-refractivity contribution in [1.29, 1.82) is 5.26 Å². The zero-order valence-electron chi connectivity index (χ0n) is 9.87. The molecule has 0 atom stereocenters. The lowest BCUT2D eigenvalue weighted by atomic mass is 10.1. The van der Waals surface area contributed by atoms with Crippen LogP contribution in [0.25, 0.3) is 0 Å². The fourth-order valence-corrected chi connectivity index (χ4v) is 1.63. The molecular weight excluding hydrogens is 233 g/mol. The molecule has 94 valence electrons. The number of hydrogen-bond acceptors (Lipinski definition) is 3. The van der Waals surface area contributed by atoms with Crippen LogP contribution in [0.5, 0.6) is 0 Å². The topological polar surface area (TPSA) is 64.9 Å². The van der Waals surface area contributed by atoms with Crippen LogP contribution < -0.4 is 10.6 Å². The predicted molar refractivity (Wildman–Crippen MR) is 64.0 cm³/mol. The van der Waals surface area contributed by atoms with Crippen LogP contribution in [0.15, 0.2) is 18.2 Å². The summed E-state index contributed by atoms with van der Waals surface area (Å²) in [5.41, 5.74) is 0.989. The van der Waals surface area contributed by atoms with E-state index >= 15 is 0 Å². The quantitative estimate of drug-likeness (QED) is 0.818. The van der Waals surface area contributed by atoms with Gasteiger partial charge in [0.2, 0.25) is 5.91 Å². The molecule has 4 nitrogen and oxygen atoms in total. The van der Waals surface area contributed by atoms with E-state index < -0.39 is 0 Å². The van der Waals surface area contributed by atoms with Crippen molar-refractivity contribution in [2.24, 2.45) is 0 Å². The molecule has 0 spiro atoms. The molecule has 0 radical (unpaired) electrons. The van der Waals surface area contributed by atoms with Crippen LogP contribution >= 0.6 is 0 Å². The number of nitrogens with zero attached hydrogens (tertiary/aromatic N) is 1. The monoisotopic (exact) mass is 247 g/mol. The van der Waals surface area contributed by atoms with Gasteiger partial charge in [-0.3, -0.25) is 4.79 Å². The van der Waals surface area contributed by atoms with Gasteiger partial charge in [0, 0.05) is 12.6 Å². The van der Waals surface area contributed by atoms with Crippen LogP contribution in [0, 0.1) is 17.1 Å². The van der Waals surface area contributed by atoms with E-state index in [4.69, 9.17) is 5.26 Å². The summed E-state index contributed by atoms with van der Waals surface area (Å²) in [6.07, 6.45) is 2.10. The standard InChI is InChI=1S/C13H14FN3O/c14-11-2-1-9(6-15)10(5-11)7-16-8-13(18)17-12-3-4-12/h1-2,5,12,16H,3-4,7-8H2,(H,17,18). The molecule has 1 aromatic carbocycles. The number of nitrogens with one attached hydrogen (secondary N) is 2. The number of carbonyl (C=O) groups is 1. The predicted octanol–water partition coefficient (Wildman–Crippen LogP) is 1.07. The number of carbonyl (C=O) groups excluding carboxylic acids is 1. The van der Waals surface area contributed by atoms with Gasteiger partial charge in [-0.2, -0.15) is 5.26 Å². The molecular formula is C13H14FN3O. The lowest BCUT2D eigenvalue weighted by molar-refractivity contribution is -0.120. The third kappa shape index (κ3) is 3.54. The van der Waals surface area contributed by atoms with E-state index in [1.165, 1.54) is 18.2 Å². The van der Waals surface area contributed by atoms with Crippen molar-refractivity contribution in [3.63, 3.8) is 0 Å². The lowest BCUT2D eigenvalue weighted by Gasteiger charge is -2.07. The Labute approximate surface area is 105 Å². The molecule has 0 aromatic heterocycles. The first kappa shape index (κ1) is 12.5. The van der Waals surface area contributed by atoms with Gasteiger partial charge in [0.05, 0.1) is 18.2 Å². The summed E-state index contributed by atoms with van der Waals surface area (Å²) >= 11 is 0. The molecule has 0 saturated heterocycles. The largest absolute Gasteiger partial charge is 0.352 e. The maximum Gasteiger partial charge on any atom is 0.234 e. The van der Waals surface area contributed by atoms with Gasteiger partial charge in [-0.05, 0) is 36.6 Å². The molecule has 1 aliphatic rings. The number of benzene rings is 1. The minimum absolute atomic E-state index is 0.0626. The molecule has 1 amide bonds. The fraction of sp³-hybridized carbons (Fsp3) is 0.385. The van der Waals surface area contributed by atoms with Crippen LogP contribution in [-0.2, 0) is 11.3 Å². The van der Waals surface area contributed by atoms with Crippen molar-refractivity contribution in [3.8, 4) is 6.07 Å². The number of hydrogen-bond donors (Lipinski definition) is 2. The molecule has 1 aromatic rings. The summed E-state index contributed by atoms with van der Waals surface area (Å²) in [4.78, 5) is 11.4. The van der Waals surface area contributed by atoms with Crippen molar-refractivity contribution in [2.45, 2.75) is 25.4 Å². The maximum absolute atomic E-state index is 13.0. The second-order valence-corrected chi connectivity index (χ2v) is 4.36. The molecule has 1 saturated carbocycles. The molecule has 0 heterocycles. The fourth-order valence-electron chi connectivity index (χ4n) is 1.63. The van der Waals surface area contributed by atoms with Gasteiger partial charge in [0.15, 0.2) is 0 Å². The number of rotatable bonds is 5. The van der Waals surface area contributed by atoms with E-state index in [1.807, 2.05) is 6.07 Å². The van der Waals surface area contributed by atoms with Crippen LogP contribution in [0.3, 0.4) is 0 Å². The van der Waals surface area contributed by atoms with Crippen LogP contribution in [0.4, 0.5) is 4.39 Å². The van der Waals surface area contributed by atoms with E-state index in [0.717, 1.165) is 12.8 Å². The van der Waals surface area contributed by atoms with Crippen molar-refractivity contribution in [2.75, 3.05) is 6.54 Å². The Kier molecular flexibility index (Phi) is 3.90. The smallest absolute Gasteiger partial charge is 0.234 e. The Morgan fingerprint density at radius 1 is 1.50 bits per heavy atom.